The number of anilines is 6. The fraction of sp³-hybridized carbons (Fsp3) is 0.314. The molecule has 0 radical (unpaired) electrons. The SMILES string of the molecule is COc1cc(N2CCN(CN3CCN(c4ccc5c(c4)C(=O)N(C4CCC(=O)NC4=O)C5=O)CC3)CC2)c(-c2cnn(C)c2)cc1Nc1ncc(Cl)c(Nc2ccc(-c3ccccc3F)cc2P(C)(C)=O)n1. The highest BCUT2D eigenvalue weighted by Gasteiger charge is 2.45. The average molecular weight is 1020 g/mol. The van der Waals surface area contributed by atoms with Crippen LogP contribution in [0.25, 0.3) is 22.3 Å². The topological polar surface area (TPSA) is 190 Å². The van der Waals surface area contributed by atoms with Crippen LogP contribution in [0.1, 0.15) is 33.6 Å². The van der Waals surface area contributed by atoms with Crippen molar-refractivity contribution in [3.05, 3.63) is 113 Å². The first-order valence-electron chi connectivity index (χ1n) is 23.6. The van der Waals surface area contributed by atoms with Gasteiger partial charge in [0.15, 0.2) is 5.82 Å². The van der Waals surface area contributed by atoms with Crippen LogP contribution in [0, 0.1) is 5.82 Å². The van der Waals surface area contributed by atoms with Gasteiger partial charge in [-0.25, -0.2) is 9.37 Å². The molecule has 372 valence electrons. The predicted molar refractivity (Wildman–Crippen MR) is 275 cm³/mol. The van der Waals surface area contributed by atoms with Gasteiger partial charge in [0.2, 0.25) is 17.8 Å². The minimum atomic E-state index is -2.88. The molecule has 1 atom stereocenters. The first kappa shape index (κ1) is 48.4. The molecule has 18 nitrogen and oxygen atoms in total. The highest BCUT2D eigenvalue weighted by molar-refractivity contribution is 7.70. The number of carbonyl (C=O) groups excluding carboxylic acids is 4. The van der Waals surface area contributed by atoms with Crippen molar-refractivity contribution in [3.8, 4) is 28.0 Å². The Bertz CT molecular complexity index is 3190. The lowest BCUT2D eigenvalue weighted by Crippen LogP contribution is -2.54. The first-order valence-corrected chi connectivity index (χ1v) is 26.6. The largest absolute Gasteiger partial charge is 0.494 e. The molecule has 3 saturated heterocycles. The van der Waals surface area contributed by atoms with Crippen LogP contribution >= 0.6 is 18.7 Å². The van der Waals surface area contributed by atoms with Crippen molar-refractivity contribution in [2.75, 3.05) is 99.9 Å². The molecule has 1 unspecified atom stereocenters. The quantitative estimate of drug-likeness (QED) is 0.0853. The van der Waals surface area contributed by atoms with Gasteiger partial charge in [-0.15, -0.1) is 0 Å². The summed E-state index contributed by atoms with van der Waals surface area (Å²) in [6.45, 7) is 10.4. The van der Waals surface area contributed by atoms with Gasteiger partial charge in [-0.3, -0.25) is 43.9 Å². The van der Waals surface area contributed by atoms with Crippen molar-refractivity contribution >= 4 is 82.2 Å². The zero-order valence-electron chi connectivity index (χ0n) is 40.2. The van der Waals surface area contributed by atoms with Gasteiger partial charge >= 0.3 is 0 Å². The van der Waals surface area contributed by atoms with Gasteiger partial charge in [0.05, 0.1) is 48.7 Å². The Balaban J connectivity index is 0.800. The van der Waals surface area contributed by atoms with Crippen molar-refractivity contribution in [3.63, 3.8) is 0 Å². The normalized spacial score (nSPS) is 17.9. The third-order valence-electron chi connectivity index (χ3n) is 13.6. The van der Waals surface area contributed by atoms with E-state index in [2.05, 4.69) is 45.6 Å². The molecule has 0 spiro atoms. The summed E-state index contributed by atoms with van der Waals surface area (Å²) in [6, 6.07) is 20.0. The second kappa shape index (κ2) is 19.8. The van der Waals surface area contributed by atoms with Crippen LogP contribution in [0.3, 0.4) is 0 Å². The standard InChI is InChI=1S/C51H53ClFN12O6P/c1-60-29-32(27-55-60)36-25-41(57-51-54-28-38(52)47(59-51)56-40-12-9-31(23-45(40)72(3,4)70)34-7-5-6-8-39(34)53)44(71-2)26-43(36)64-21-17-62(18-22-64)30-61-15-19-63(20-16-61)33-10-11-35-37(24-33)50(69)65(49(35)68)42-13-14-46(66)58-48(42)67/h5-12,23-29,42H,13-22,30H2,1-4H3,(H,58,66,67)(H2,54,56,57,59). The molecular weight excluding hydrogens is 962 g/mol. The summed E-state index contributed by atoms with van der Waals surface area (Å²) in [4.78, 5) is 70.7. The number of hydrogen-bond acceptors (Lipinski definition) is 15. The van der Waals surface area contributed by atoms with Crippen LogP contribution < -0.4 is 35.8 Å². The lowest BCUT2D eigenvalue weighted by molar-refractivity contribution is -0.136. The van der Waals surface area contributed by atoms with E-state index in [9.17, 15) is 28.1 Å². The Labute approximate surface area is 420 Å². The number of nitrogens with one attached hydrogen (secondary N) is 3. The summed E-state index contributed by atoms with van der Waals surface area (Å²) < 4.78 is 36.1. The second-order valence-electron chi connectivity index (χ2n) is 18.7. The molecule has 0 aliphatic carbocycles. The van der Waals surface area contributed by atoms with E-state index < -0.39 is 36.8 Å². The third-order valence-corrected chi connectivity index (χ3v) is 15.4. The van der Waals surface area contributed by atoms with Gasteiger partial charge < -0.3 is 29.7 Å². The smallest absolute Gasteiger partial charge is 0.262 e. The molecule has 72 heavy (non-hydrogen) atoms. The van der Waals surface area contributed by atoms with E-state index in [0.29, 0.717) is 33.6 Å². The molecule has 3 fully saturated rings. The number of aryl methyl sites for hydroxylation is 1. The van der Waals surface area contributed by atoms with Crippen LogP contribution in [0.5, 0.6) is 5.75 Å². The van der Waals surface area contributed by atoms with E-state index in [4.69, 9.17) is 21.3 Å². The number of amides is 4. The average Bonchev–Trinajstić information content (AvgIpc) is 3.91. The Hall–Kier alpha value is -7.18. The zero-order valence-corrected chi connectivity index (χ0v) is 41.8. The number of benzene rings is 4. The number of piperazine rings is 2. The van der Waals surface area contributed by atoms with E-state index >= 15 is 0 Å². The minimum absolute atomic E-state index is 0.0714. The number of methoxy groups -OCH3 is 1. The van der Waals surface area contributed by atoms with Crippen molar-refractivity contribution in [1.29, 1.82) is 0 Å². The van der Waals surface area contributed by atoms with Crippen LogP contribution in [-0.4, -0.2) is 144 Å². The van der Waals surface area contributed by atoms with Gasteiger partial charge in [0.1, 0.15) is 29.8 Å². The number of fused-ring (bicyclic) bond motifs is 1. The maximum atomic E-state index is 14.8. The van der Waals surface area contributed by atoms with Crippen molar-refractivity contribution in [1.82, 2.24) is 39.8 Å². The highest BCUT2D eigenvalue weighted by atomic mass is 35.5. The maximum absolute atomic E-state index is 14.8. The number of halogens is 2. The first-order chi connectivity index (χ1) is 34.6. The summed E-state index contributed by atoms with van der Waals surface area (Å²) in [5.74, 6) is -1.34. The van der Waals surface area contributed by atoms with E-state index in [1.54, 1.807) is 73.7 Å². The molecule has 0 bridgehead atoms. The van der Waals surface area contributed by atoms with E-state index in [1.807, 2.05) is 37.6 Å². The molecule has 0 saturated carbocycles. The summed E-state index contributed by atoms with van der Waals surface area (Å²) in [5.41, 5.74) is 6.37. The maximum Gasteiger partial charge on any atom is 0.262 e. The van der Waals surface area contributed by atoms with Gasteiger partial charge in [-0.1, -0.05) is 35.9 Å². The number of hydrogen-bond donors (Lipinski definition) is 3. The lowest BCUT2D eigenvalue weighted by atomic mass is 10.0. The van der Waals surface area contributed by atoms with E-state index in [0.717, 1.165) is 86.4 Å². The Morgan fingerprint density at radius 1 is 0.792 bits per heavy atom. The van der Waals surface area contributed by atoms with Crippen LogP contribution in [0.2, 0.25) is 5.02 Å². The monoisotopic (exact) mass is 1010 g/mol. The molecule has 6 aromatic rings. The number of nitrogens with zero attached hydrogens (tertiary/aromatic N) is 9. The van der Waals surface area contributed by atoms with E-state index in [-0.39, 0.29) is 46.6 Å². The lowest BCUT2D eigenvalue weighted by Gasteiger charge is -2.42. The molecule has 10 rings (SSSR count). The molecule has 2 aromatic heterocycles. The van der Waals surface area contributed by atoms with Gasteiger partial charge in [0, 0.05) is 111 Å². The fourth-order valence-corrected chi connectivity index (χ4v) is 11.1. The molecule has 4 aliphatic heterocycles. The molecule has 6 heterocycles. The molecule has 4 amide bonds. The van der Waals surface area contributed by atoms with Gasteiger partial charge in [0.25, 0.3) is 11.8 Å². The molecular formula is C51H53ClFN12O6P. The number of piperidine rings is 1. The van der Waals surface area contributed by atoms with Gasteiger partial charge in [-0.2, -0.15) is 10.1 Å². The molecule has 4 aliphatic rings. The highest BCUT2D eigenvalue weighted by Crippen LogP contribution is 2.43. The number of ether oxygens (including phenoxy) is 1. The second-order valence-corrected chi connectivity index (χ2v) is 22.3. The number of imide groups is 2. The summed E-state index contributed by atoms with van der Waals surface area (Å²) in [5, 5.41) is 14.1. The van der Waals surface area contributed by atoms with E-state index in [1.165, 1.54) is 12.3 Å². The minimum Gasteiger partial charge on any atom is -0.494 e. The Morgan fingerprint density at radius 2 is 1.51 bits per heavy atom. The molecule has 3 N–H and O–H groups in total. The number of rotatable bonds is 13. The van der Waals surface area contributed by atoms with Crippen molar-refractivity contribution < 1.29 is 32.9 Å². The number of carbonyl (C=O) groups is 4. The Morgan fingerprint density at radius 3 is 2.19 bits per heavy atom. The van der Waals surface area contributed by atoms with Crippen LogP contribution in [0.4, 0.5) is 38.9 Å². The molecule has 21 heteroatoms. The fourth-order valence-electron chi connectivity index (χ4n) is 9.81. The predicted octanol–water partition coefficient (Wildman–Crippen LogP) is 6.38. The Kier molecular flexibility index (Phi) is 13.3. The summed E-state index contributed by atoms with van der Waals surface area (Å²) in [6.07, 6.45) is 5.47. The van der Waals surface area contributed by atoms with Crippen molar-refractivity contribution in [2.24, 2.45) is 7.05 Å². The van der Waals surface area contributed by atoms with Crippen molar-refractivity contribution in [2.45, 2.75) is 18.9 Å². The zero-order chi connectivity index (χ0) is 50.4. The summed E-state index contributed by atoms with van der Waals surface area (Å²) >= 11 is 6.67. The van der Waals surface area contributed by atoms with Gasteiger partial charge in [-0.05, 0) is 67.8 Å². The number of aromatic nitrogens is 4. The molecule has 4 aromatic carbocycles. The van der Waals surface area contributed by atoms with Crippen LogP contribution in [0.15, 0.2) is 91.4 Å². The summed E-state index contributed by atoms with van der Waals surface area (Å²) in [7, 11) is 0.610. The third kappa shape index (κ3) is 9.76. The van der Waals surface area contributed by atoms with Crippen LogP contribution in [-0.2, 0) is 21.2 Å².